The number of carbonyl (C=O) groups is 2. The van der Waals surface area contributed by atoms with Crippen LogP contribution in [-0.2, 0) is 9.53 Å². The number of esters is 1. The van der Waals surface area contributed by atoms with Gasteiger partial charge < -0.3 is 15.8 Å². The Morgan fingerprint density at radius 1 is 1.40 bits per heavy atom. The number of halogens is 1. The summed E-state index contributed by atoms with van der Waals surface area (Å²) in [7, 11) is 0. The van der Waals surface area contributed by atoms with Gasteiger partial charge in [-0.3, -0.25) is 4.79 Å². The number of aromatic nitrogens is 2. The summed E-state index contributed by atoms with van der Waals surface area (Å²) in [5.41, 5.74) is 7.39. The van der Waals surface area contributed by atoms with Gasteiger partial charge in [0.1, 0.15) is 11.4 Å². The molecule has 1 heterocycles. The lowest BCUT2D eigenvalue weighted by molar-refractivity contribution is -0.113. The first-order valence-electron chi connectivity index (χ1n) is 7.39. The molecule has 0 fully saturated rings. The highest BCUT2D eigenvalue weighted by atomic mass is 35.5. The Morgan fingerprint density at radius 2 is 2.16 bits per heavy atom. The topological polar surface area (TPSA) is 107 Å². The van der Waals surface area contributed by atoms with Crippen LogP contribution in [0.4, 0.5) is 11.5 Å². The van der Waals surface area contributed by atoms with Crippen LogP contribution < -0.4 is 11.1 Å². The number of nitrogens with two attached hydrogens (primary N) is 1. The average molecular weight is 381 g/mol. The van der Waals surface area contributed by atoms with Crippen molar-refractivity contribution in [3.05, 3.63) is 40.5 Å². The smallest absolute Gasteiger partial charge is 0.343 e. The van der Waals surface area contributed by atoms with Crippen molar-refractivity contribution in [1.29, 1.82) is 0 Å². The molecule has 132 valence electrons. The van der Waals surface area contributed by atoms with Gasteiger partial charge in [-0.2, -0.15) is 0 Å². The van der Waals surface area contributed by atoms with Crippen LogP contribution in [0.2, 0.25) is 5.02 Å². The van der Waals surface area contributed by atoms with Gasteiger partial charge in [-0.15, -0.1) is 0 Å². The number of amides is 1. The molecule has 1 amide bonds. The monoisotopic (exact) mass is 380 g/mol. The molecule has 0 unspecified atom stereocenters. The predicted octanol–water partition coefficient (Wildman–Crippen LogP) is 2.93. The van der Waals surface area contributed by atoms with E-state index in [-0.39, 0.29) is 29.6 Å². The number of hydrogen-bond acceptors (Lipinski definition) is 7. The number of thioether (sulfide) groups is 1. The van der Waals surface area contributed by atoms with Gasteiger partial charge >= 0.3 is 5.97 Å². The summed E-state index contributed by atoms with van der Waals surface area (Å²) in [6.07, 6.45) is 1.29. The molecule has 2 aromatic rings. The first-order chi connectivity index (χ1) is 11.9. The Kier molecular flexibility index (Phi) is 6.60. The van der Waals surface area contributed by atoms with Crippen LogP contribution in [0.5, 0.6) is 0 Å². The summed E-state index contributed by atoms with van der Waals surface area (Å²) in [5.74, 6) is -0.704. The van der Waals surface area contributed by atoms with Gasteiger partial charge in [-0.25, -0.2) is 14.8 Å². The molecular weight excluding hydrogens is 364 g/mol. The Bertz CT molecular complexity index is 801. The maximum absolute atomic E-state index is 12.1. The van der Waals surface area contributed by atoms with E-state index in [0.717, 1.165) is 17.3 Å². The highest BCUT2D eigenvalue weighted by Gasteiger charge is 2.14. The number of carbonyl (C=O) groups excluding carboxylic acids is 2. The molecule has 0 aliphatic rings. The van der Waals surface area contributed by atoms with Crippen molar-refractivity contribution in [2.45, 2.75) is 19.0 Å². The first-order valence-corrected chi connectivity index (χ1v) is 8.75. The third-order valence-corrected chi connectivity index (χ3v) is 4.19. The molecule has 0 aliphatic carbocycles. The van der Waals surface area contributed by atoms with Crippen molar-refractivity contribution in [1.82, 2.24) is 9.97 Å². The second-order valence-electron chi connectivity index (χ2n) is 4.97. The minimum atomic E-state index is -0.578. The Balaban J connectivity index is 1.96. The molecule has 25 heavy (non-hydrogen) atoms. The second kappa shape index (κ2) is 8.68. The number of nitrogens with zero attached hydrogens (tertiary/aromatic N) is 2. The summed E-state index contributed by atoms with van der Waals surface area (Å²) in [5, 5.41) is 3.61. The number of benzene rings is 1. The lowest BCUT2D eigenvalue weighted by Gasteiger charge is -2.09. The SMILES string of the molecule is CCOC(=O)c1cnc(SCC(=O)Nc2cc(Cl)ccc2C)nc1N. The summed E-state index contributed by atoms with van der Waals surface area (Å²) in [4.78, 5) is 31.7. The van der Waals surface area contributed by atoms with E-state index in [2.05, 4.69) is 15.3 Å². The average Bonchev–Trinajstić information content (AvgIpc) is 2.56. The van der Waals surface area contributed by atoms with Crippen molar-refractivity contribution in [2.24, 2.45) is 0 Å². The largest absolute Gasteiger partial charge is 0.462 e. The fourth-order valence-corrected chi connectivity index (χ4v) is 2.65. The number of rotatable bonds is 6. The summed E-state index contributed by atoms with van der Waals surface area (Å²) < 4.78 is 4.85. The summed E-state index contributed by atoms with van der Waals surface area (Å²) >= 11 is 7.03. The van der Waals surface area contributed by atoms with Crippen molar-refractivity contribution < 1.29 is 14.3 Å². The van der Waals surface area contributed by atoms with Gasteiger partial charge in [0.25, 0.3) is 0 Å². The summed E-state index contributed by atoms with van der Waals surface area (Å²) in [6, 6.07) is 5.26. The summed E-state index contributed by atoms with van der Waals surface area (Å²) in [6.45, 7) is 3.80. The van der Waals surface area contributed by atoms with Gasteiger partial charge in [0, 0.05) is 16.9 Å². The second-order valence-corrected chi connectivity index (χ2v) is 6.35. The fraction of sp³-hybridized carbons (Fsp3) is 0.250. The fourth-order valence-electron chi connectivity index (χ4n) is 1.86. The maximum atomic E-state index is 12.1. The van der Waals surface area contributed by atoms with Gasteiger partial charge in [0.05, 0.1) is 12.4 Å². The maximum Gasteiger partial charge on any atom is 0.343 e. The molecule has 0 radical (unpaired) electrons. The van der Waals surface area contributed by atoms with Crippen molar-refractivity contribution in [2.75, 3.05) is 23.4 Å². The minimum absolute atomic E-state index is 0.0158. The van der Waals surface area contributed by atoms with Gasteiger partial charge in [0.15, 0.2) is 5.16 Å². The number of nitrogens with one attached hydrogen (secondary N) is 1. The number of ether oxygens (including phenoxy) is 1. The molecule has 0 saturated heterocycles. The minimum Gasteiger partial charge on any atom is -0.462 e. The number of nitrogen functional groups attached to an aromatic ring is 1. The number of hydrogen-bond donors (Lipinski definition) is 2. The third-order valence-electron chi connectivity index (χ3n) is 3.10. The lowest BCUT2D eigenvalue weighted by Crippen LogP contribution is -2.15. The quantitative estimate of drug-likeness (QED) is 0.450. The molecule has 7 nitrogen and oxygen atoms in total. The predicted molar refractivity (Wildman–Crippen MR) is 97.9 cm³/mol. The van der Waals surface area contributed by atoms with Crippen molar-refractivity contribution in [3.63, 3.8) is 0 Å². The molecule has 9 heteroatoms. The van der Waals surface area contributed by atoms with E-state index >= 15 is 0 Å². The zero-order valence-corrected chi connectivity index (χ0v) is 15.3. The molecule has 0 aliphatic heterocycles. The van der Waals surface area contributed by atoms with Crippen LogP contribution in [0, 0.1) is 6.92 Å². The third kappa shape index (κ3) is 5.33. The zero-order valence-electron chi connectivity index (χ0n) is 13.7. The van der Waals surface area contributed by atoms with E-state index in [9.17, 15) is 9.59 Å². The van der Waals surface area contributed by atoms with E-state index in [1.54, 1.807) is 19.1 Å². The lowest BCUT2D eigenvalue weighted by atomic mass is 10.2. The first kappa shape index (κ1) is 19.0. The Hall–Kier alpha value is -2.32. The van der Waals surface area contributed by atoms with E-state index in [1.807, 2.05) is 13.0 Å². The van der Waals surface area contributed by atoms with Gasteiger partial charge in [0.2, 0.25) is 5.91 Å². The van der Waals surface area contributed by atoms with Crippen LogP contribution in [0.15, 0.2) is 29.6 Å². The highest BCUT2D eigenvalue weighted by Crippen LogP contribution is 2.21. The molecule has 0 spiro atoms. The van der Waals surface area contributed by atoms with Crippen molar-refractivity contribution in [3.8, 4) is 0 Å². The van der Waals surface area contributed by atoms with Crippen LogP contribution >= 0.6 is 23.4 Å². The van der Waals surface area contributed by atoms with E-state index < -0.39 is 5.97 Å². The van der Waals surface area contributed by atoms with Gasteiger partial charge in [-0.1, -0.05) is 29.4 Å². The van der Waals surface area contributed by atoms with Gasteiger partial charge in [-0.05, 0) is 31.5 Å². The molecular formula is C16H17ClN4O3S. The van der Waals surface area contributed by atoms with Crippen LogP contribution in [0.25, 0.3) is 0 Å². The van der Waals surface area contributed by atoms with E-state index in [0.29, 0.717) is 15.9 Å². The van der Waals surface area contributed by atoms with E-state index in [4.69, 9.17) is 22.1 Å². The molecule has 0 atom stereocenters. The molecule has 0 saturated carbocycles. The van der Waals surface area contributed by atoms with Crippen molar-refractivity contribution >= 4 is 46.7 Å². The van der Waals surface area contributed by atoms with E-state index in [1.165, 1.54) is 6.20 Å². The Labute approximate surface area is 154 Å². The number of anilines is 2. The number of aryl methyl sites for hydroxylation is 1. The zero-order chi connectivity index (χ0) is 18.4. The van der Waals surface area contributed by atoms with Crippen LogP contribution in [-0.4, -0.2) is 34.2 Å². The highest BCUT2D eigenvalue weighted by molar-refractivity contribution is 7.99. The molecule has 1 aromatic carbocycles. The van der Waals surface area contributed by atoms with Crippen LogP contribution in [0.3, 0.4) is 0 Å². The molecule has 1 aromatic heterocycles. The van der Waals surface area contributed by atoms with Crippen LogP contribution in [0.1, 0.15) is 22.8 Å². The molecule has 2 rings (SSSR count). The Morgan fingerprint density at radius 3 is 2.84 bits per heavy atom. The molecule has 3 N–H and O–H groups in total. The normalized spacial score (nSPS) is 10.4. The standard InChI is InChI=1S/C16H17ClN4O3S/c1-3-24-15(23)11-7-19-16(21-14(11)18)25-8-13(22)20-12-6-10(17)5-4-9(12)2/h4-7H,3,8H2,1-2H3,(H,20,22)(H2,18,19,21). The molecule has 0 bridgehead atoms.